The van der Waals surface area contributed by atoms with Gasteiger partial charge >= 0.3 is 5.63 Å². The first-order chi connectivity index (χ1) is 12.5. The average Bonchev–Trinajstić information content (AvgIpc) is 2.64. The van der Waals surface area contributed by atoms with E-state index in [1.165, 1.54) is 0 Å². The molecule has 0 aliphatic carbocycles. The van der Waals surface area contributed by atoms with Crippen LogP contribution in [0.25, 0.3) is 11.0 Å². The first-order valence-corrected chi connectivity index (χ1v) is 9.15. The normalized spacial score (nSPS) is 13.6. The molecule has 3 aromatic rings. The summed E-state index contributed by atoms with van der Waals surface area (Å²) in [6.45, 7) is 5.02. The van der Waals surface area contributed by atoms with Crippen LogP contribution in [0, 0.1) is 6.92 Å². The van der Waals surface area contributed by atoms with Crippen molar-refractivity contribution < 1.29 is 9.15 Å². The van der Waals surface area contributed by atoms with Crippen LogP contribution in [-0.4, -0.2) is 6.73 Å². The summed E-state index contributed by atoms with van der Waals surface area (Å²) in [7, 11) is 0. The molecule has 1 aromatic heterocycles. The predicted molar refractivity (Wildman–Crippen MR) is 105 cm³/mol. The third-order valence-electron chi connectivity index (χ3n) is 4.75. The van der Waals surface area contributed by atoms with Gasteiger partial charge in [-0.1, -0.05) is 30.1 Å². The van der Waals surface area contributed by atoms with Gasteiger partial charge in [-0.25, -0.2) is 4.79 Å². The molecular weight excluding hydrogens is 373 g/mol. The molecule has 4 nitrogen and oxygen atoms in total. The lowest BCUT2D eigenvalue weighted by Crippen LogP contribution is -2.32. The molecule has 0 unspecified atom stereocenters. The zero-order valence-corrected chi connectivity index (χ0v) is 15.9. The molecule has 2 heterocycles. The number of rotatable bonds is 2. The van der Waals surface area contributed by atoms with E-state index in [0.29, 0.717) is 28.9 Å². The van der Waals surface area contributed by atoms with Gasteiger partial charge in [0.15, 0.2) is 6.73 Å². The second-order valence-electron chi connectivity index (χ2n) is 6.38. The lowest BCUT2D eigenvalue weighted by Gasteiger charge is -2.32. The van der Waals surface area contributed by atoms with Gasteiger partial charge < -0.3 is 14.1 Å². The minimum atomic E-state index is -0.328. The maximum atomic E-state index is 11.8. The number of aryl methyl sites for hydroxylation is 2. The second-order valence-corrected chi connectivity index (χ2v) is 7.19. The maximum absolute atomic E-state index is 11.8. The van der Waals surface area contributed by atoms with Crippen molar-refractivity contribution in [2.45, 2.75) is 26.8 Å². The van der Waals surface area contributed by atoms with Crippen LogP contribution in [0.1, 0.15) is 23.6 Å². The van der Waals surface area contributed by atoms with Crippen LogP contribution in [0.3, 0.4) is 0 Å². The van der Waals surface area contributed by atoms with Crippen LogP contribution in [0.5, 0.6) is 5.75 Å². The van der Waals surface area contributed by atoms with E-state index in [2.05, 4.69) is 11.0 Å². The number of benzene rings is 2. The van der Waals surface area contributed by atoms with Crippen molar-refractivity contribution in [3.63, 3.8) is 0 Å². The molecule has 0 bridgehead atoms. The zero-order chi connectivity index (χ0) is 18.4. The molecule has 0 fully saturated rings. The Morgan fingerprint density at radius 1 is 1.15 bits per heavy atom. The summed E-state index contributed by atoms with van der Waals surface area (Å²) in [6.07, 6.45) is 0.762. The van der Waals surface area contributed by atoms with Crippen molar-refractivity contribution in [3.05, 3.63) is 67.5 Å². The third-order valence-corrected chi connectivity index (χ3v) is 5.49. The maximum Gasteiger partial charge on any atom is 0.336 e. The summed E-state index contributed by atoms with van der Waals surface area (Å²) in [4.78, 5) is 13.9. The van der Waals surface area contributed by atoms with Gasteiger partial charge in [-0.3, -0.25) is 0 Å². The Morgan fingerprint density at radius 3 is 2.69 bits per heavy atom. The SMILES string of the molecule is CCc1cc(=O)oc2c(C)c3c(cc12)CN(c1ccc(Cl)c(Cl)c1)CO3. The van der Waals surface area contributed by atoms with E-state index in [4.69, 9.17) is 32.4 Å². The third kappa shape index (κ3) is 2.83. The molecule has 4 rings (SSSR count). The molecule has 6 heteroatoms. The van der Waals surface area contributed by atoms with Crippen molar-refractivity contribution in [1.29, 1.82) is 0 Å². The van der Waals surface area contributed by atoms with Crippen molar-refractivity contribution in [2.24, 2.45) is 0 Å². The van der Waals surface area contributed by atoms with Gasteiger partial charge in [-0.15, -0.1) is 0 Å². The number of hydrogen-bond donors (Lipinski definition) is 0. The molecule has 26 heavy (non-hydrogen) atoms. The Morgan fingerprint density at radius 2 is 1.96 bits per heavy atom. The predicted octanol–water partition coefficient (Wildman–Crippen LogP) is 5.33. The summed E-state index contributed by atoms with van der Waals surface area (Å²) < 4.78 is 11.5. The number of nitrogens with zero attached hydrogens (tertiary/aromatic N) is 1. The Bertz CT molecular complexity index is 1070. The van der Waals surface area contributed by atoms with E-state index in [1.807, 2.05) is 26.0 Å². The highest BCUT2D eigenvalue weighted by atomic mass is 35.5. The lowest BCUT2D eigenvalue weighted by atomic mass is 9.99. The molecule has 0 atom stereocenters. The van der Waals surface area contributed by atoms with Crippen LogP contribution in [-0.2, 0) is 13.0 Å². The molecule has 0 N–H and O–H groups in total. The largest absolute Gasteiger partial charge is 0.472 e. The fraction of sp³-hybridized carbons (Fsp3) is 0.250. The summed E-state index contributed by atoms with van der Waals surface area (Å²) >= 11 is 12.2. The quantitative estimate of drug-likeness (QED) is 0.555. The van der Waals surface area contributed by atoms with Crippen LogP contribution in [0.15, 0.2) is 39.5 Å². The molecule has 1 aliphatic heterocycles. The second kappa shape index (κ2) is 6.53. The van der Waals surface area contributed by atoms with E-state index in [0.717, 1.165) is 39.9 Å². The summed E-state index contributed by atoms with van der Waals surface area (Å²) in [5.41, 5.74) is 4.11. The van der Waals surface area contributed by atoms with E-state index < -0.39 is 0 Å². The zero-order valence-electron chi connectivity index (χ0n) is 14.4. The highest BCUT2D eigenvalue weighted by molar-refractivity contribution is 6.42. The van der Waals surface area contributed by atoms with Gasteiger partial charge in [0.2, 0.25) is 0 Å². The molecule has 0 amide bonds. The number of halogens is 2. The molecule has 0 radical (unpaired) electrons. The van der Waals surface area contributed by atoms with Crippen molar-refractivity contribution in [2.75, 3.05) is 11.6 Å². The fourth-order valence-corrected chi connectivity index (χ4v) is 3.72. The first-order valence-electron chi connectivity index (χ1n) is 8.40. The molecule has 0 saturated heterocycles. The average molecular weight is 390 g/mol. The van der Waals surface area contributed by atoms with Gasteiger partial charge in [-0.05, 0) is 43.2 Å². The van der Waals surface area contributed by atoms with E-state index in [1.54, 1.807) is 12.1 Å². The van der Waals surface area contributed by atoms with Gasteiger partial charge in [0, 0.05) is 34.8 Å². The monoisotopic (exact) mass is 389 g/mol. The van der Waals surface area contributed by atoms with Gasteiger partial charge in [0.1, 0.15) is 11.3 Å². The minimum absolute atomic E-state index is 0.328. The highest BCUT2D eigenvalue weighted by Gasteiger charge is 2.23. The molecule has 2 aromatic carbocycles. The Kier molecular flexibility index (Phi) is 4.33. The van der Waals surface area contributed by atoms with Crippen molar-refractivity contribution in [3.8, 4) is 5.75 Å². The summed E-state index contributed by atoms with van der Waals surface area (Å²) in [5.74, 6) is 0.783. The minimum Gasteiger partial charge on any atom is -0.472 e. The van der Waals surface area contributed by atoms with Crippen molar-refractivity contribution in [1.82, 2.24) is 0 Å². The van der Waals surface area contributed by atoms with Gasteiger partial charge in [0.25, 0.3) is 0 Å². The Labute approximate surface area is 160 Å². The number of fused-ring (bicyclic) bond motifs is 2. The number of ether oxygens (including phenoxy) is 1. The van der Waals surface area contributed by atoms with Gasteiger partial charge in [0.05, 0.1) is 10.0 Å². The molecule has 134 valence electrons. The van der Waals surface area contributed by atoms with E-state index in [9.17, 15) is 4.79 Å². The van der Waals surface area contributed by atoms with E-state index >= 15 is 0 Å². The van der Waals surface area contributed by atoms with Crippen molar-refractivity contribution >= 4 is 39.9 Å². The smallest absolute Gasteiger partial charge is 0.336 e. The summed E-state index contributed by atoms with van der Waals surface area (Å²) in [6, 6.07) is 9.16. The highest BCUT2D eigenvalue weighted by Crippen LogP contribution is 2.37. The molecular formula is C20H17Cl2NO3. The van der Waals surface area contributed by atoms with E-state index in [-0.39, 0.29) is 5.63 Å². The molecule has 0 spiro atoms. The Balaban J connectivity index is 1.81. The number of anilines is 1. The van der Waals surface area contributed by atoms with Crippen LogP contribution < -0.4 is 15.3 Å². The lowest BCUT2D eigenvalue weighted by molar-refractivity contribution is 0.287. The van der Waals surface area contributed by atoms with Gasteiger partial charge in [-0.2, -0.15) is 0 Å². The molecule has 1 aliphatic rings. The number of hydrogen-bond acceptors (Lipinski definition) is 4. The Hall–Kier alpha value is -2.17. The van der Waals surface area contributed by atoms with Crippen LogP contribution in [0.4, 0.5) is 5.69 Å². The molecule has 0 saturated carbocycles. The first kappa shape index (κ1) is 17.3. The van der Waals surface area contributed by atoms with Crippen LogP contribution >= 0.6 is 23.2 Å². The van der Waals surface area contributed by atoms with Crippen LogP contribution in [0.2, 0.25) is 10.0 Å². The summed E-state index contributed by atoms with van der Waals surface area (Å²) in [5, 5.41) is 2.00. The standard InChI is InChI=1S/C20H17Cl2NO3/c1-3-12-7-18(24)26-20-11(2)19-13(6-15(12)20)9-23(10-25-19)14-4-5-16(21)17(22)8-14/h4-8H,3,9-10H2,1-2H3. The topological polar surface area (TPSA) is 42.7 Å². The fourth-order valence-electron chi connectivity index (χ4n) is 3.42.